The first-order valence-electron chi connectivity index (χ1n) is 10.6. The summed E-state index contributed by atoms with van der Waals surface area (Å²) >= 11 is 1.64. The monoisotopic (exact) mass is 461 g/mol. The predicted molar refractivity (Wildman–Crippen MR) is 120 cm³/mol. The second-order valence-electron chi connectivity index (χ2n) is 7.89. The van der Waals surface area contributed by atoms with Gasteiger partial charge < -0.3 is 14.8 Å². The van der Waals surface area contributed by atoms with Crippen LogP contribution in [0.5, 0.6) is 0 Å². The van der Waals surface area contributed by atoms with Gasteiger partial charge in [0.2, 0.25) is 0 Å². The maximum Gasteiger partial charge on any atom is 0.336 e. The van der Waals surface area contributed by atoms with Gasteiger partial charge in [-0.3, -0.25) is 9.59 Å². The minimum Gasteiger partial charge on any atom is -0.468 e. The van der Waals surface area contributed by atoms with Crippen molar-refractivity contribution in [3.63, 3.8) is 0 Å². The Morgan fingerprint density at radius 3 is 2.66 bits per heavy atom. The second-order valence-corrected chi connectivity index (χ2v) is 9.28. The smallest absolute Gasteiger partial charge is 0.336 e. The van der Waals surface area contributed by atoms with Gasteiger partial charge >= 0.3 is 11.9 Å². The van der Waals surface area contributed by atoms with Crippen LogP contribution in [0.1, 0.15) is 38.7 Å². The van der Waals surface area contributed by atoms with Gasteiger partial charge in [0.1, 0.15) is 18.3 Å². The lowest BCUT2D eigenvalue weighted by molar-refractivity contribution is -0.151. The molecule has 3 atom stereocenters. The number of carbonyl (C=O) groups is 3. The molecule has 172 valence electrons. The third kappa shape index (κ3) is 4.60. The van der Waals surface area contributed by atoms with Crippen LogP contribution in [0, 0.1) is 17.7 Å². The summed E-state index contributed by atoms with van der Waals surface area (Å²) in [5.74, 6) is -2.96. The second kappa shape index (κ2) is 10.3. The highest BCUT2D eigenvalue weighted by molar-refractivity contribution is 7.99. The number of ether oxygens (including phenoxy) is 2. The number of benzene rings is 1. The van der Waals surface area contributed by atoms with E-state index in [1.165, 1.54) is 13.2 Å². The maximum absolute atomic E-state index is 15.0. The Bertz CT molecular complexity index is 986. The van der Waals surface area contributed by atoms with Gasteiger partial charge in [0, 0.05) is 28.3 Å². The van der Waals surface area contributed by atoms with Crippen LogP contribution in [0.25, 0.3) is 0 Å². The molecule has 0 unspecified atom stereocenters. The number of hydrogen-bond acceptors (Lipinski definition) is 7. The number of allylic oxidation sites excluding steroid dienone is 3. The highest BCUT2D eigenvalue weighted by Crippen LogP contribution is 2.46. The average Bonchev–Trinajstić information content (AvgIpc) is 2.75. The van der Waals surface area contributed by atoms with Crippen LogP contribution in [0.15, 0.2) is 46.8 Å². The fourth-order valence-corrected chi connectivity index (χ4v) is 4.88. The van der Waals surface area contributed by atoms with E-state index < -0.39 is 35.4 Å². The molecule has 2 aliphatic rings. The number of rotatable bonds is 7. The lowest BCUT2D eigenvalue weighted by Crippen LogP contribution is -2.43. The van der Waals surface area contributed by atoms with E-state index in [0.717, 1.165) is 5.75 Å². The molecule has 1 aliphatic heterocycles. The summed E-state index contributed by atoms with van der Waals surface area (Å²) in [6.45, 7) is 5.74. The predicted octanol–water partition coefficient (Wildman–Crippen LogP) is 3.74. The third-order valence-electron chi connectivity index (χ3n) is 5.84. The third-order valence-corrected chi connectivity index (χ3v) is 6.71. The van der Waals surface area contributed by atoms with Gasteiger partial charge in [-0.25, -0.2) is 9.18 Å². The summed E-state index contributed by atoms with van der Waals surface area (Å²) in [7, 11) is 1.24. The number of nitrogens with one attached hydrogen (secondary N) is 1. The van der Waals surface area contributed by atoms with E-state index in [1.807, 2.05) is 6.92 Å². The molecular weight excluding hydrogens is 433 g/mol. The van der Waals surface area contributed by atoms with Crippen molar-refractivity contribution in [2.75, 3.05) is 25.2 Å². The topological polar surface area (TPSA) is 81.7 Å². The minimum absolute atomic E-state index is 0.182. The van der Waals surface area contributed by atoms with Gasteiger partial charge in [-0.05, 0) is 31.1 Å². The average molecular weight is 462 g/mol. The molecule has 0 bridgehead atoms. The van der Waals surface area contributed by atoms with Crippen molar-refractivity contribution < 1.29 is 28.2 Å². The van der Waals surface area contributed by atoms with E-state index in [2.05, 4.69) is 5.32 Å². The highest BCUT2D eigenvalue weighted by atomic mass is 32.2. The summed E-state index contributed by atoms with van der Waals surface area (Å²) in [6, 6.07) is 6.06. The zero-order chi connectivity index (χ0) is 23.4. The number of halogens is 1. The summed E-state index contributed by atoms with van der Waals surface area (Å²) in [5, 5.41) is 3.17. The number of dihydropyridines is 1. The number of ketones is 1. The van der Waals surface area contributed by atoms with Crippen LogP contribution in [0.4, 0.5) is 4.39 Å². The van der Waals surface area contributed by atoms with E-state index in [1.54, 1.807) is 43.8 Å². The normalized spacial score (nSPS) is 22.9. The van der Waals surface area contributed by atoms with Crippen molar-refractivity contribution in [1.82, 2.24) is 5.32 Å². The fourth-order valence-electron chi connectivity index (χ4n) is 4.39. The number of methoxy groups -OCH3 is 1. The minimum atomic E-state index is -1.01. The Morgan fingerprint density at radius 2 is 2.00 bits per heavy atom. The van der Waals surface area contributed by atoms with Crippen molar-refractivity contribution in [3.05, 3.63) is 58.2 Å². The Morgan fingerprint density at radius 1 is 1.28 bits per heavy atom. The molecule has 1 aliphatic carbocycles. The van der Waals surface area contributed by atoms with Crippen LogP contribution >= 0.6 is 11.8 Å². The van der Waals surface area contributed by atoms with E-state index in [-0.39, 0.29) is 29.2 Å². The number of esters is 2. The molecule has 32 heavy (non-hydrogen) atoms. The van der Waals surface area contributed by atoms with Gasteiger partial charge in [0.25, 0.3) is 0 Å². The Kier molecular flexibility index (Phi) is 7.77. The van der Waals surface area contributed by atoms with E-state index >= 15 is 0 Å². The Balaban J connectivity index is 2.09. The van der Waals surface area contributed by atoms with Crippen LogP contribution < -0.4 is 5.32 Å². The zero-order valence-corrected chi connectivity index (χ0v) is 19.5. The SMILES string of the molecule is CCSCCOC(=O)C1=C(C)NC2=C(C(=O)[C@H](C(=O)OC)[C@@H](C)C2)[C@@H]1c1ccccc1F. The van der Waals surface area contributed by atoms with E-state index in [4.69, 9.17) is 9.47 Å². The summed E-state index contributed by atoms with van der Waals surface area (Å²) in [4.78, 5) is 39.0. The van der Waals surface area contributed by atoms with Crippen LogP contribution in [0.3, 0.4) is 0 Å². The van der Waals surface area contributed by atoms with E-state index in [9.17, 15) is 18.8 Å². The molecule has 8 heteroatoms. The number of Topliss-reactive ketones (excluding diaryl/α,β-unsaturated/α-hetero) is 1. The van der Waals surface area contributed by atoms with Crippen molar-refractivity contribution in [2.45, 2.75) is 33.1 Å². The van der Waals surface area contributed by atoms with Crippen LogP contribution in [-0.4, -0.2) is 42.9 Å². The Hall–Kier alpha value is -2.61. The van der Waals surface area contributed by atoms with Crippen LogP contribution in [-0.2, 0) is 23.9 Å². The molecule has 0 saturated heterocycles. The fraction of sp³-hybridized carbons (Fsp3) is 0.458. The van der Waals surface area contributed by atoms with Crippen molar-refractivity contribution in [1.29, 1.82) is 0 Å². The maximum atomic E-state index is 15.0. The summed E-state index contributed by atoms with van der Waals surface area (Å²) in [6.07, 6.45) is 0.401. The summed E-state index contributed by atoms with van der Waals surface area (Å²) in [5.41, 5.74) is 1.72. The van der Waals surface area contributed by atoms with Gasteiger partial charge in [0.15, 0.2) is 5.78 Å². The van der Waals surface area contributed by atoms with Gasteiger partial charge in [-0.15, -0.1) is 0 Å². The molecule has 0 fully saturated rings. The molecule has 1 aromatic carbocycles. The largest absolute Gasteiger partial charge is 0.468 e. The molecule has 1 aromatic rings. The van der Waals surface area contributed by atoms with Crippen LogP contribution in [0.2, 0.25) is 0 Å². The number of carbonyl (C=O) groups excluding carboxylic acids is 3. The highest BCUT2D eigenvalue weighted by Gasteiger charge is 2.47. The van der Waals surface area contributed by atoms with Crippen molar-refractivity contribution in [3.8, 4) is 0 Å². The van der Waals surface area contributed by atoms with Gasteiger partial charge in [-0.2, -0.15) is 11.8 Å². The molecule has 6 nitrogen and oxygen atoms in total. The summed E-state index contributed by atoms with van der Waals surface area (Å²) < 4.78 is 25.3. The van der Waals surface area contributed by atoms with Crippen molar-refractivity contribution in [2.24, 2.45) is 11.8 Å². The van der Waals surface area contributed by atoms with Gasteiger partial charge in [-0.1, -0.05) is 32.0 Å². The molecule has 0 radical (unpaired) electrons. The lowest BCUT2D eigenvalue weighted by Gasteiger charge is -2.38. The molecule has 0 saturated carbocycles. The molecule has 1 N–H and O–H groups in total. The first-order valence-corrected chi connectivity index (χ1v) is 11.8. The lowest BCUT2D eigenvalue weighted by atomic mass is 9.69. The number of thioether (sulfide) groups is 1. The quantitative estimate of drug-likeness (QED) is 0.376. The Labute approximate surface area is 191 Å². The molecule has 0 aromatic heterocycles. The molecule has 3 rings (SSSR count). The standard InChI is InChI=1S/C24H28FNO5S/c1-5-32-11-10-31-24(29)19-14(3)26-17-12-13(2)18(23(28)30-4)22(27)21(17)20(19)15-8-6-7-9-16(15)25/h6-9,13,18,20,26H,5,10-12H2,1-4H3/t13-,18+,20+/m0/s1. The molecular formula is C24H28FNO5S. The first-order chi connectivity index (χ1) is 15.3. The number of hydrogen-bond donors (Lipinski definition) is 1. The molecule has 0 amide bonds. The van der Waals surface area contributed by atoms with E-state index in [0.29, 0.717) is 23.6 Å². The van der Waals surface area contributed by atoms with Gasteiger partial charge in [0.05, 0.1) is 18.6 Å². The molecule has 1 heterocycles. The zero-order valence-electron chi connectivity index (χ0n) is 18.7. The first kappa shape index (κ1) is 24.0. The van der Waals surface area contributed by atoms with Crippen molar-refractivity contribution >= 4 is 29.5 Å². The molecule has 0 spiro atoms.